The fourth-order valence-corrected chi connectivity index (χ4v) is 4.10. The minimum Gasteiger partial charge on any atom is -0.492 e. The Morgan fingerprint density at radius 1 is 0.933 bits per heavy atom. The zero-order valence-corrected chi connectivity index (χ0v) is 17.5. The van der Waals surface area contributed by atoms with Crippen molar-refractivity contribution in [2.45, 2.75) is 51.9 Å². The van der Waals surface area contributed by atoms with E-state index in [1.54, 1.807) is 25.1 Å². The maximum absolute atomic E-state index is 12.6. The number of carbonyl (C=O) groups is 1. The fraction of sp³-hybridized carbons (Fsp3) is 0.400. The van der Waals surface area contributed by atoms with Crippen molar-refractivity contribution in [2.24, 2.45) is 5.92 Å². The van der Waals surface area contributed by atoms with Crippen LogP contribution in [0.1, 0.15) is 78.9 Å². The smallest absolute Gasteiger partial charge is 0.343 e. The summed E-state index contributed by atoms with van der Waals surface area (Å²) in [5.74, 6) is 1.20. The number of esters is 1. The van der Waals surface area contributed by atoms with Gasteiger partial charge in [0.25, 0.3) is 0 Å². The lowest BCUT2D eigenvalue weighted by atomic mass is 9.78. The van der Waals surface area contributed by atoms with Gasteiger partial charge in [-0.3, -0.25) is 0 Å². The Hall–Kier alpha value is -3.31. The average Bonchev–Trinajstić information content (AvgIpc) is 2.80. The number of nitriles is 2. The molecule has 0 N–H and O–H groups in total. The van der Waals surface area contributed by atoms with Gasteiger partial charge in [-0.05, 0) is 74.3 Å². The molecule has 1 aliphatic carbocycles. The summed E-state index contributed by atoms with van der Waals surface area (Å²) in [6, 6.07) is 14.5. The van der Waals surface area contributed by atoms with Crippen molar-refractivity contribution in [1.82, 2.24) is 0 Å². The van der Waals surface area contributed by atoms with E-state index in [1.165, 1.54) is 43.7 Å². The zero-order valence-electron chi connectivity index (χ0n) is 17.5. The summed E-state index contributed by atoms with van der Waals surface area (Å²) in [5.41, 5.74) is 1.74. The van der Waals surface area contributed by atoms with E-state index in [2.05, 4.69) is 6.92 Å². The van der Waals surface area contributed by atoms with E-state index in [0.717, 1.165) is 5.92 Å². The van der Waals surface area contributed by atoms with E-state index in [-0.39, 0.29) is 16.9 Å². The molecule has 5 heteroatoms. The quantitative estimate of drug-likeness (QED) is 0.455. The summed E-state index contributed by atoms with van der Waals surface area (Å²) in [7, 11) is 0. The van der Waals surface area contributed by atoms with E-state index in [4.69, 9.17) is 9.47 Å². The standard InChI is InChI=1S/C25H26N2O3/c1-3-17-5-7-18(8-6-17)19-9-11-20(12-10-19)25(28)30-24-14-13-23(29-4-2)21(15-26)22(24)16-27/h9-14,17-18H,3-8H2,1-2H3. The highest BCUT2D eigenvalue weighted by atomic mass is 16.5. The van der Waals surface area contributed by atoms with Gasteiger partial charge in [-0.25, -0.2) is 4.79 Å². The normalized spacial score (nSPS) is 18.1. The molecule has 0 atom stereocenters. The first kappa shape index (κ1) is 21.4. The first-order chi connectivity index (χ1) is 14.6. The number of ether oxygens (including phenoxy) is 2. The molecular formula is C25H26N2O3. The summed E-state index contributed by atoms with van der Waals surface area (Å²) >= 11 is 0. The minimum atomic E-state index is -0.555. The third-order valence-corrected chi connectivity index (χ3v) is 5.90. The monoisotopic (exact) mass is 402 g/mol. The van der Waals surface area contributed by atoms with Gasteiger partial charge in [-0.15, -0.1) is 0 Å². The van der Waals surface area contributed by atoms with Crippen molar-refractivity contribution in [1.29, 1.82) is 10.5 Å². The van der Waals surface area contributed by atoms with Gasteiger partial charge in [-0.1, -0.05) is 25.5 Å². The SMILES string of the molecule is CCOc1ccc(OC(=O)c2ccc(C3CCC(CC)CC3)cc2)c(C#N)c1C#N. The largest absolute Gasteiger partial charge is 0.492 e. The second-order valence-electron chi connectivity index (χ2n) is 7.61. The Kier molecular flexibility index (Phi) is 7.09. The highest BCUT2D eigenvalue weighted by Crippen LogP contribution is 2.37. The van der Waals surface area contributed by atoms with Crippen molar-refractivity contribution < 1.29 is 14.3 Å². The number of carbonyl (C=O) groups excluding carboxylic acids is 1. The summed E-state index contributed by atoms with van der Waals surface area (Å²) in [5, 5.41) is 18.9. The maximum atomic E-state index is 12.6. The lowest BCUT2D eigenvalue weighted by molar-refractivity contribution is 0.0734. The highest BCUT2D eigenvalue weighted by Gasteiger charge is 2.22. The van der Waals surface area contributed by atoms with Gasteiger partial charge in [0.05, 0.1) is 12.2 Å². The van der Waals surface area contributed by atoms with Crippen LogP contribution in [0.2, 0.25) is 0 Å². The van der Waals surface area contributed by atoms with E-state index in [0.29, 0.717) is 23.8 Å². The molecule has 30 heavy (non-hydrogen) atoms. The summed E-state index contributed by atoms with van der Waals surface area (Å²) in [6.45, 7) is 4.42. The van der Waals surface area contributed by atoms with Gasteiger partial charge in [0.1, 0.15) is 29.0 Å². The van der Waals surface area contributed by atoms with Gasteiger partial charge in [0, 0.05) is 0 Å². The molecular weight excluding hydrogens is 376 g/mol. The Balaban J connectivity index is 1.74. The molecule has 2 aromatic carbocycles. The Morgan fingerprint density at radius 2 is 1.53 bits per heavy atom. The molecule has 0 radical (unpaired) electrons. The third kappa shape index (κ3) is 4.63. The Labute approximate surface area is 177 Å². The number of hydrogen-bond acceptors (Lipinski definition) is 5. The second-order valence-corrected chi connectivity index (χ2v) is 7.61. The lowest BCUT2D eigenvalue weighted by Gasteiger charge is -2.28. The van der Waals surface area contributed by atoms with E-state index < -0.39 is 5.97 Å². The molecule has 0 unspecified atom stereocenters. The van der Waals surface area contributed by atoms with Crippen LogP contribution in [-0.2, 0) is 0 Å². The van der Waals surface area contributed by atoms with Crippen LogP contribution in [0.3, 0.4) is 0 Å². The van der Waals surface area contributed by atoms with Crippen LogP contribution in [-0.4, -0.2) is 12.6 Å². The molecule has 5 nitrogen and oxygen atoms in total. The van der Waals surface area contributed by atoms with Crippen molar-refractivity contribution in [3.8, 4) is 23.6 Å². The van der Waals surface area contributed by atoms with Crippen molar-refractivity contribution in [2.75, 3.05) is 6.61 Å². The number of hydrogen-bond donors (Lipinski definition) is 0. The fourth-order valence-electron chi connectivity index (χ4n) is 4.10. The number of rotatable bonds is 6. The second kappa shape index (κ2) is 9.94. The van der Waals surface area contributed by atoms with Gasteiger partial charge in [0.15, 0.2) is 5.75 Å². The predicted octanol–water partition coefficient (Wildman–Crippen LogP) is 5.73. The van der Waals surface area contributed by atoms with Crippen molar-refractivity contribution >= 4 is 5.97 Å². The number of benzene rings is 2. The van der Waals surface area contributed by atoms with Crippen molar-refractivity contribution in [3.63, 3.8) is 0 Å². The van der Waals surface area contributed by atoms with Crippen LogP contribution < -0.4 is 9.47 Å². The molecule has 1 fully saturated rings. The molecule has 2 aromatic rings. The molecule has 3 rings (SSSR count). The van der Waals surface area contributed by atoms with E-state index in [9.17, 15) is 15.3 Å². The van der Waals surface area contributed by atoms with Crippen LogP contribution in [0, 0.1) is 28.6 Å². The minimum absolute atomic E-state index is 0.00102. The lowest BCUT2D eigenvalue weighted by Crippen LogP contribution is -2.13. The maximum Gasteiger partial charge on any atom is 0.343 e. The topological polar surface area (TPSA) is 83.1 Å². The predicted molar refractivity (Wildman–Crippen MR) is 113 cm³/mol. The summed E-state index contributed by atoms with van der Waals surface area (Å²) < 4.78 is 10.8. The van der Waals surface area contributed by atoms with Gasteiger partial charge in [-0.2, -0.15) is 10.5 Å². The molecule has 154 valence electrons. The Bertz CT molecular complexity index is 975. The van der Waals surface area contributed by atoms with Gasteiger partial charge >= 0.3 is 5.97 Å². The molecule has 0 bridgehead atoms. The molecule has 1 saturated carbocycles. The molecule has 0 saturated heterocycles. The van der Waals surface area contributed by atoms with Crippen LogP contribution in [0.15, 0.2) is 36.4 Å². The van der Waals surface area contributed by atoms with E-state index in [1.807, 2.05) is 24.3 Å². The summed E-state index contributed by atoms with van der Waals surface area (Å²) in [6.07, 6.45) is 6.16. The van der Waals surface area contributed by atoms with E-state index >= 15 is 0 Å². The van der Waals surface area contributed by atoms with Gasteiger partial charge in [0.2, 0.25) is 0 Å². The number of nitrogens with zero attached hydrogens (tertiary/aromatic N) is 2. The van der Waals surface area contributed by atoms with Crippen molar-refractivity contribution in [3.05, 3.63) is 58.7 Å². The first-order valence-electron chi connectivity index (χ1n) is 10.5. The van der Waals surface area contributed by atoms with Crippen LogP contribution >= 0.6 is 0 Å². The molecule has 0 amide bonds. The molecule has 0 aliphatic heterocycles. The van der Waals surface area contributed by atoms with Crippen LogP contribution in [0.5, 0.6) is 11.5 Å². The van der Waals surface area contributed by atoms with Crippen LogP contribution in [0.25, 0.3) is 0 Å². The zero-order chi connectivity index (χ0) is 21.5. The molecule has 0 spiro atoms. The Morgan fingerprint density at radius 3 is 2.10 bits per heavy atom. The highest BCUT2D eigenvalue weighted by molar-refractivity contribution is 5.91. The molecule has 1 aliphatic rings. The molecule has 0 heterocycles. The first-order valence-corrected chi connectivity index (χ1v) is 10.5. The van der Waals surface area contributed by atoms with Crippen LogP contribution in [0.4, 0.5) is 0 Å². The molecule has 0 aromatic heterocycles. The van der Waals surface area contributed by atoms with Gasteiger partial charge < -0.3 is 9.47 Å². The average molecular weight is 402 g/mol. The third-order valence-electron chi connectivity index (χ3n) is 5.90. The summed E-state index contributed by atoms with van der Waals surface area (Å²) in [4.78, 5) is 12.6.